The van der Waals surface area contributed by atoms with Gasteiger partial charge in [-0.15, -0.1) is 0 Å². The molecule has 2 aromatic rings. The van der Waals surface area contributed by atoms with E-state index >= 15 is 0 Å². The highest BCUT2D eigenvalue weighted by atomic mass is 32.2. The Morgan fingerprint density at radius 3 is 2.41 bits per heavy atom. The summed E-state index contributed by atoms with van der Waals surface area (Å²) in [7, 11) is -2.32. The van der Waals surface area contributed by atoms with Crippen molar-refractivity contribution in [1.29, 1.82) is 0 Å². The summed E-state index contributed by atoms with van der Waals surface area (Å²) in [6.07, 6.45) is 0.724. The molecule has 6 nitrogen and oxygen atoms in total. The summed E-state index contributed by atoms with van der Waals surface area (Å²) in [5, 5.41) is 0. The molecule has 0 N–H and O–H groups in total. The number of sulfonamides is 1. The Morgan fingerprint density at radius 2 is 1.74 bits per heavy atom. The number of alkyl halides is 2. The van der Waals surface area contributed by atoms with E-state index in [0.29, 0.717) is 30.3 Å². The van der Waals surface area contributed by atoms with Crippen molar-refractivity contribution in [3.63, 3.8) is 0 Å². The van der Waals surface area contributed by atoms with Crippen molar-refractivity contribution in [2.75, 3.05) is 20.3 Å². The van der Waals surface area contributed by atoms with Gasteiger partial charge in [0.25, 0.3) is 0 Å². The van der Waals surface area contributed by atoms with Crippen LogP contribution in [0.1, 0.15) is 12.0 Å². The predicted molar refractivity (Wildman–Crippen MR) is 93.8 cm³/mol. The molecule has 9 heteroatoms. The number of hydrogen-bond donors (Lipinski definition) is 0. The molecule has 0 saturated heterocycles. The number of ether oxygens (including phenoxy) is 3. The maximum absolute atomic E-state index is 12.8. The van der Waals surface area contributed by atoms with Crippen LogP contribution in [0.25, 0.3) is 0 Å². The van der Waals surface area contributed by atoms with Crippen molar-refractivity contribution >= 4 is 10.0 Å². The zero-order valence-corrected chi connectivity index (χ0v) is 15.4. The smallest absolute Gasteiger partial charge is 0.387 e. The first-order chi connectivity index (χ1) is 12.9. The SMILES string of the molecule is CN(Cc1ccc(OC(F)F)cc1)S(=O)(=O)c1ccc2c(c1)OCCCO2. The topological polar surface area (TPSA) is 65.1 Å². The van der Waals surface area contributed by atoms with Crippen LogP contribution in [0.4, 0.5) is 8.78 Å². The third-order valence-corrected chi connectivity index (χ3v) is 5.78. The lowest BCUT2D eigenvalue weighted by molar-refractivity contribution is -0.0498. The minimum Gasteiger partial charge on any atom is -0.490 e. The van der Waals surface area contributed by atoms with Gasteiger partial charge < -0.3 is 14.2 Å². The van der Waals surface area contributed by atoms with E-state index < -0.39 is 16.6 Å². The van der Waals surface area contributed by atoms with Gasteiger partial charge in [-0.3, -0.25) is 0 Å². The normalized spacial score (nSPS) is 14.3. The van der Waals surface area contributed by atoms with Crippen LogP contribution in [0, 0.1) is 0 Å². The molecule has 27 heavy (non-hydrogen) atoms. The second kappa shape index (κ2) is 8.10. The standard InChI is InChI=1S/C18H19F2NO5S/c1-21(12-13-3-5-14(6-4-13)26-18(19)20)27(22,23)15-7-8-16-17(11-15)25-10-2-9-24-16/h3-8,11,18H,2,9-10,12H2,1H3. The van der Waals surface area contributed by atoms with Crippen molar-refractivity contribution in [2.24, 2.45) is 0 Å². The second-order valence-corrected chi connectivity index (χ2v) is 7.99. The quantitative estimate of drug-likeness (QED) is 0.746. The molecular formula is C18H19F2NO5S. The van der Waals surface area contributed by atoms with Gasteiger partial charge in [0, 0.05) is 26.1 Å². The van der Waals surface area contributed by atoms with Gasteiger partial charge in [-0.25, -0.2) is 8.42 Å². The highest BCUT2D eigenvalue weighted by Crippen LogP contribution is 2.33. The van der Waals surface area contributed by atoms with Gasteiger partial charge in [0.2, 0.25) is 10.0 Å². The Labute approximate surface area is 156 Å². The van der Waals surface area contributed by atoms with Crippen molar-refractivity contribution in [3.8, 4) is 17.2 Å². The highest BCUT2D eigenvalue weighted by Gasteiger charge is 2.23. The summed E-state index contributed by atoms with van der Waals surface area (Å²) in [4.78, 5) is 0.0897. The molecule has 146 valence electrons. The van der Waals surface area contributed by atoms with E-state index in [1.807, 2.05) is 0 Å². The first-order valence-corrected chi connectivity index (χ1v) is 9.70. The van der Waals surface area contributed by atoms with Crippen LogP contribution < -0.4 is 14.2 Å². The number of nitrogens with zero attached hydrogens (tertiary/aromatic N) is 1. The molecule has 0 aromatic heterocycles. The van der Waals surface area contributed by atoms with Crippen molar-refractivity contribution in [2.45, 2.75) is 24.5 Å². The van der Waals surface area contributed by atoms with Gasteiger partial charge in [-0.2, -0.15) is 13.1 Å². The van der Waals surface area contributed by atoms with Gasteiger partial charge in [0.05, 0.1) is 18.1 Å². The molecule has 0 unspecified atom stereocenters. The number of rotatable bonds is 6. The van der Waals surface area contributed by atoms with Crippen LogP contribution in [0.5, 0.6) is 17.2 Å². The van der Waals surface area contributed by atoms with Crippen LogP contribution >= 0.6 is 0 Å². The minimum absolute atomic E-state index is 0.0159. The lowest BCUT2D eigenvalue weighted by atomic mass is 10.2. The van der Waals surface area contributed by atoms with Gasteiger partial charge in [-0.1, -0.05) is 12.1 Å². The number of halogens is 2. The van der Waals surface area contributed by atoms with Gasteiger partial charge in [-0.05, 0) is 29.8 Å². The lowest BCUT2D eigenvalue weighted by Crippen LogP contribution is -2.26. The Morgan fingerprint density at radius 1 is 1.07 bits per heavy atom. The Balaban J connectivity index is 1.75. The van der Waals surface area contributed by atoms with E-state index in [4.69, 9.17) is 9.47 Å². The third-order valence-electron chi connectivity index (χ3n) is 3.98. The van der Waals surface area contributed by atoms with E-state index in [1.54, 1.807) is 6.07 Å². The summed E-state index contributed by atoms with van der Waals surface area (Å²) in [5.74, 6) is 0.932. The fourth-order valence-electron chi connectivity index (χ4n) is 2.60. The molecule has 0 amide bonds. The summed E-state index contributed by atoms with van der Waals surface area (Å²) in [6.45, 7) is -1.85. The predicted octanol–water partition coefficient (Wildman–Crippen LogP) is 3.27. The molecular weight excluding hydrogens is 380 g/mol. The van der Waals surface area contributed by atoms with Crippen LogP contribution in [0.3, 0.4) is 0 Å². The van der Waals surface area contributed by atoms with E-state index in [-0.39, 0.29) is 17.2 Å². The molecule has 0 fully saturated rings. The monoisotopic (exact) mass is 399 g/mol. The molecule has 0 aliphatic carbocycles. The van der Waals surface area contributed by atoms with Gasteiger partial charge in [0.15, 0.2) is 11.5 Å². The fraction of sp³-hybridized carbons (Fsp3) is 0.333. The lowest BCUT2D eigenvalue weighted by Gasteiger charge is -2.18. The Hall–Kier alpha value is -2.39. The Bertz CT molecular complexity index is 887. The van der Waals surface area contributed by atoms with E-state index in [1.165, 1.54) is 47.8 Å². The molecule has 1 aliphatic rings. The number of benzene rings is 2. The Kier molecular flexibility index (Phi) is 5.81. The third kappa shape index (κ3) is 4.67. The minimum atomic E-state index is -3.77. The van der Waals surface area contributed by atoms with Crippen LogP contribution in [0.2, 0.25) is 0 Å². The van der Waals surface area contributed by atoms with E-state index in [2.05, 4.69) is 4.74 Å². The number of fused-ring (bicyclic) bond motifs is 1. The zero-order chi connectivity index (χ0) is 19.4. The molecule has 0 spiro atoms. The largest absolute Gasteiger partial charge is 0.490 e. The molecule has 0 atom stereocenters. The van der Waals surface area contributed by atoms with E-state index in [9.17, 15) is 17.2 Å². The van der Waals surface area contributed by atoms with Crippen LogP contribution in [0.15, 0.2) is 47.4 Å². The molecule has 2 aromatic carbocycles. The summed E-state index contributed by atoms with van der Waals surface area (Å²) >= 11 is 0. The molecule has 3 rings (SSSR count). The summed E-state index contributed by atoms with van der Waals surface area (Å²) < 4.78 is 66.6. The summed E-state index contributed by atoms with van der Waals surface area (Å²) in [5.41, 5.74) is 0.636. The fourth-order valence-corrected chi connectivity index (χ4v) is 3.78. The molecule has 0 saturated carbocycles. The number of hydrogen-bond acceptors (Lipinski definition) is 5. The van der Waals surface area contributed by atoms with Crippen LogP contribution in [-0.2, 0) is 16.6 Å². The van der Waals surface area contributed by atoms with Crippen molar-refractivity contribution < 1.29 is 31.4 Å². The maximum atomic E-state index is 12.8. The van der Waals surface area contributed by atoms with Crippen molar-refractivity contribution in [1.82, 2.24) is 4.31 Å². The van der Waals surface area contributed by atoms with Gasteiger partial charge in [0.1, 0.15) is 5.75 Å². The maximum Gasteiger partial charge on any atom is 0.387 e. The van der Waals surface area contributed by atoms with Crippen LogP contribution in [-0.4, -0.2) is 39.6 Å². The first-order valence-electron chi connectivity index (χ1n) is 8.26. The average molecular weight is 399 g/mol. The average Bonchev–Trinajstić information content (AvgIpc) is 2.87. The highest BCUT2D eigenvalue weighted by molar-refractivity contribution is 7.89. The zero-order valence-electron chi connectivity index (χ0n) is 14.6. The molecule has 1 heterocycles. The molecule has 0 bridgehead atoms. The molecule has 1 aliphatic heterocycles. The summed E-state index contributed by atoms with van der Waals surface area (Å²) in [6, 6.07) is 10.3. The van der Waals surface area contributed by atoms with Crippen molar-refractivity contribution in [3.05, 3.63) is 48.0 Å². The second-order valence-electron chi connectivity index (χ2n) is 5.94. The van der Waals surface area contributed by atoms with E-state index in [0.717, 1.165) is 6.42 Å². The first kappa shape index (κ1) is 19.4. The van der Waals surface area contributed by atoms with Gasteiger partial charge >= 0.3 is 6.61 Å². The molecule has 0 radical (unpaired) electrons.